The highest BCUT2D eigenvalue weighted by Gasteiger charge is 2.51. The Bertz CT molecular complexity index is 1550. The maximum absolute atomic E-state index is 13.7. The number of carbonyl (C=O) groups excluding carboxylic acids is 4. The van der Waals surface area contributed by atoms with Crippen molar-refractivity contribution in [2.24, 2.45) is 11.7 Å². The Labute approximate surface area is 271 Å². The van der Waals surface area contributed by atoms with Crippen LogP contribution in [-0.2, 0) is 9.53 Å². The largest absolute Gasteiger partial charge is 0.497 e. The van der Waals surface area contributed by atoms with E-state index in [4.69, 9.17) is 15.2 Å². The molecule has 0 spiro atoms. The van der Waals surface area contributed by atoms with Gasteiger partial charge in [-0.1, -0.05) is 46.3 Å². The van der Waals surface area contributed by atoms with Crippen LogP contribution < -0.4 is 15.8 Å². The number of ketones is 1. The van der Waals surface area contributed by atoms with Crippen LogP contribution in [0.25, 0.3) is 0 Å². The molecule has 2 heterocycles. The number of nitrogens with zero attached hydrogens (tertiary/aromatic N) is 2. The molecule has 5 rings (SSSR count). The Morgan fingerprint density at radius 3 is 2.29 bits per heavy atom. The van der Waals surface area contributed by atoms with Crippen LogP contribution in [0.4, 0.5) is 10.5 Å². The average Bonchev–Trinajstić information content (AvgIpc) is 3.02. The molecule has 11 heteroatoms. The van der Waals surface area contributed by atoms with Gasteiger partial charge in [-0.15, -0.1) is 0 Å². The van der Waals surface area contributed by atoms with Gasteiger partial charge in [0.15, 0.2) is 5.78 Å². The summed E-state index contributed by atoms with van der Waals surface area (Å²) in [5.74, 6) is -0.656. The van der Waals surface area contributed by atoms with Gasteiger partial charge in [0.1, 0.15) is 5.75 Å². The standard InChI is InChI=1S/C34H37BrN4O6/c1-21(40)45-20-22-15-16-39-29(17-31(41)27-5-3-4-6-28(27)33(36)42)32(23-7-9-24(35)10-8-23)30(39)19-38(18-22)34(43)37-25-11-13-26(44-2)14-12-25/h3-14,22,29-30,32H,15-20H2,1-2H3,(H2,36,42)(H,37,43)/t22?,29-,30+,32+/m1/s1. The molecular formula is C34H37BrN4O6. The Morgan fingerprint density at radius 1 is 0.956 bits per heavy atom. The van der Waals surface area contributed by atoms with Crippen molar-refractivity contribution < 1.29 is 28.7 Å². The van der Waals surface area contributed by atoms with Gasteiger partial charge in [-0.3, -0.25) is 19.3 Å². The lowest BCUT2D eigenvalue weighted by Crippen LogP contribution is -2.68. The van der Waals surface area contributed by atoms with E-state index >= 15 is 0 Å². The topological polar surface area (TPSA) is 131 Å². The van der Waals surface area contributed by atoms with Crippen LogP contribution in [0, 0.1) is 5.92 Å². The van der Waals surface area contributed by atoms with Crippen LogP contribution in [0.15, 0.2) is 77.3 Å². The fraction of sp³-hybridized carbons (Fsp3) is 0.353. The van der Waals surface area contributed by atoms with Gasteiger partial charge in [0, 0.05) is 71.6 Å². The minimum absolute atomic E-state index is 0.0518. The summed E-state index contributed by atoms with van der Waals surface area (Å²) in [4.78, 5) is 55.3. The van der Waals surface area contributed by atoms with E-state index < -0.39 is 5.91 Å². The van der Waals surface area contributed by atoms with Crippen molar-refractivity contribution in [3.05, 3.63) is 94.0 Å². The van der Waals surface area contributed by atoms with Crippen molar-refractivity contribution >= 4 is 45.3 Å². The van der Waals surface area contributed by atoms with Gasteiger partial charge in [0.25, 0.3) is 0 Å². The number of urea groups is 1. The minimum Gasteiger partial charge on any atom is -0.497 e. The van der Waals surface area contributed by atoms with Crippen molar-refractivity contribution in [3.8, 4) is 5.75 Å². The summed E-state index contributed by atoms with van der Waals surface area (Å²) in [6.45, 7) is 3.03. The molecule has 0 bridgehead atoms. The van der Waals surface area contributed by atoms with Crippen LogP contribution in [-0.4, -0.2) is 78.9 Å². The van der Waals surface area contributed by atoms with E-state index in [1.165, 1.54) is 6.92 Å². The van der Waals surface area contributed by atoms with Gasteiger partial charge in [-0.2, -0.15) is 0 Å². The van der Waals surface area contributed by atoms with Crippen molar-refractivity contribution in [2.45, 2.75) is 37.8 Å². The molecule has 10 nitrogen and oxygen atoms in total. The highest BCUT2D eigenvalue weighted by atomic mass is 79.9. The predicted molar refractivity (Wildman–Crippen MR) is 173 cm³/mol. The maximum atomic E-state index is 13.7. The monoisotopic (exact) mass is 676 g/mol. The number of carbonyl (C=O) groups is 4. The maximum Gasteiger partial charge on any atom is 0.321 e. The van der Waals surface area contributed by atoms with Gasteiger partial charge < -0.3 is 25.4 Å². The van der Waals surface area contributed by atoms with Crippen LogP contribution in [0.2, 0.25) is 0 Å². The number of hydrogen-bond donors (Lipinski definition) is 2. The quantitative estimate of drug-likeness (QED) is 0.239. The van der Waals surface area contributed by atoms with E-state index in [-0.39, 0.29) is 60.3 Å². The van der Waals surface area contributed by atoms with E-state index in [0.29, 0.717) is 43.1 Å². The first-order valence-electron chi connectivity index (χ1n) is 14.9. The molecule has 2 aliphatic rings. The Balaban J connectivity index is 1.44. The summed E-state index contributed by atoms with van der Waals surface area (Å²) in [6.07, 6.45) is 0.833. The van der Waals surface area contributed by atoms with Crippen molar-refractivity contribution in [3.63, 3.8) is 0 Å². The van der Waals surface area contributed by atoms with Crippen molar-refractivity contribution in [1.29, 1.82) is 0 Å². The molecule has 0 saturated carbocycles. The molecule has 3 aromatic rings. The third-order valence-electron chi connectivity index (χ3n) is 8.66. The minimum atomic E-state index is -0.645. The first-order valence-corrected chi connectivity index (χ1v) is 15.7. The number of rotatable bonds is 9. The Morgan fingerprint density at radius 2 is 1.64 bits per heavy atom. The molecular weight excluding hydrogens is 640 g/mol. The third kappa shape index (κ3) is 7.54. The number of halogens is 1. The summed E-state index contributed by atoms with van der Waals surface area (Å²) in [6, 6.07) is 21.3. The lowest BCUT2D eigenvalue weighted by atomic mass is 9.71. The number of ether oxygens (including phenoxy) is 2. The molecule has 3 aromatic carbocycles. The SMILES string of the molecule is COc1ccc(NC(=O)N2CC(COC(C)=O)CCN3[C@H](CC(=O)c4ccccc4C(N)=O)[C@H](c4ccc(Br)cc4)[C@@H]3C2)cc1. The number of nitrogens with one attached hydrogen (secondary N) is 1. The number of esters is 1. The molecule has 2 aliphatic heterocycles. The highest BCUT2D eigenvalue weighted by molar-refractivity contribution is 9.10. The van der Waals surface area contributed by atoms with Crippen LogP contribution >= 0.6 is 15.9 Å². The number of Topliss-reactive ketones (excluding diaryl/α,β-unsaturated/α-hetero) is 1. The molecule has 2 fully saturated rings. The second kappa shape index (κ2) is 14.3. The number of anilines is 1. The summed E-state index contributed by atoms with van der Waals surface area (Å²) >= 11 is 3.52. The zero-order chi connectivity index (χ0) is 32.1. The number of hydrogen-bond acceptors (Lipinski definition) is 7. The van der Waals surface area contributed by atoms with Crippen LogP contribution in [0.5, 0.6) is 5.75 Å². The molecule has 4 atom stereocenters. The second-order valence-corrected chi connectivity index (χ2v) is 12.4. The van der Waals surface area contributed by atoms with E-state index in [9.17, 15) is 19.2 Å². The number of fused-ring (bicyclic) bond motifs is 1. The van der Waals surface area contributed by atoms with Gasteiger partial charge in [0.05, 0.1) is 13.7 Å². The lowest BCUT2D eigenvalue weighted by Gasteiger charge is -2.58. The summed E-state index contributed by atoms with van der Waals surface area (Å²) in [7, 11) is 1.58. The molecule has 0 aliphatic carbocycles. The third-order valence-corrected chi connectivity index (χ3v) is 9.18. The van der Waals surface area contributed by atoms with Gasteiger partial charge in [-0.05, 0) is 61.0 Å². The molecule has 2 saturated heterocycles. The Kier molecular flexibility index (Phi) is 10.2. The summed E-state index contributed by atoms with van der Waals surface area (Å²) in [5.41, 5.74) is 7.80. The zero-order valence-electron chi connectivity index (χ0n) is 25.3. The Hall–Kier alpha value is -4.22. The smallest absolute Gasteiger partial charge is 0.321 e. The molecule has 45 heavy (non-hydrogen) atoms. The second-order valence-electron chi connectivity index (χ2n) is 11.5. The summed E-state index contributed by atoms with van der Waals surface area (Å²) < 4.78 is 11.6. The number of amides is 3. The number of benzene rings is 3. The predicted octanol–water partition coefficient (Wildman–Crippen LogP) is 5.08. The van der Waals surface area contributed by atoms with Crippen LogP contribution in [0.1, 0.15) is 52.0 Å². The number of nitrogens with two attached hydrogens (primary N) is 1. The van der Waals surface area contributed by atoms with Gasteiger partial charge in [-0.25, -0.2) is 4.79 Å². The first-order chi connectivity index (χ1) is 21.6. The first kappa shape index (κ1) is 32.2. The molecule has 0 radical (unpaired) electrons. The van der Waals surface area contributed by atoms with E-state index in [0.717, 1.165) is 10.0 Å². The highest BCUT2D eigenvalue weighted by Crippen LogP contribution is 2.45. The van der Waals surface area contributed by atoms with Crippen molar-refractivity contribution in [2.75, 3.05) is 38.7 Å². The van der Waals surface area contributed by atoms with Crippen LogP contribution in [0.3, 0.4) is 0 Å². The fourth-order valence-electron chi connectivity index (χ4n) is 6.43. The normalized spacial score (nSPS) is 21.4. The lowest BCUT2D eigenvalue weighted by molar-refractivity contribution is -0.143. The zero-order valence-corrected chi connectivity index (χ0v) is 26.9. The molecule has 1 unspecified atom stereocenters. The fourth-order valence-corrected chi connectivity index (χ4v) is 6.69. The van der Waals surface area contributed by atoms with E-state index in [2.05, 4.69) is 26.1 Å². The van der Waals surface area contributed by atoms with Crippen molar-refractivity contribution in [1.82, 2.24) is 9.80 Å². The molecule has 3 N–H and O–H groups in total. The summed E-state index contributed by atoms with van der Waals surface area (Å²) in [5, 5.41) is 3.00. The average molecular weight is 678 g/mol. The van der Waals surface area contributed by atoms with Gasteiger partial charge in [0.2, 0.25) is 5.91 Å². The van der Waals surface area contributed by atoms with Gasteiger partial charge >= 0.3 is 12.0 Å². The number of primary amides is 1. The number of methoxy groups -OCH3 is 1. The molecule has 3 amide bonds. The molecule has 236 valence electrons. The van der Waals surface area contributed by atoms with E-state index in [1.54, 1.807) is 60.5 Å². The van der Waals surface area contributed by atoms with E-state index in [1.807, 2.05) is 24.3 Å². The molecule has 0 aromatic heterocycles.